The van der Waals surface area contributed by atoms with Crippen LogP contribution in [0.15, 0.2) is 24.3 Å². The van der Waals surface area contributed by atoms with E-state index in [4.69, 9.17) is 5.73 Å². The highest BCUT2D eigenvalue weighted by Crippen LogP contribution is 2.29. The number of anilines is 1. The largest absolute Gasteiger partial charge is 0.369 e. The highest BCUT2D eigenvalue weighted by molar-refractivity contribution is 6.00. The summed E-state index contributed by atoms with van der Waals surface area (Å²) >= 11 is 0. The van der Waals surface area contributed by atoms with Crippen molar-refractivity contribution in [3.05, 3.63) is 29.8 Å². The average Bonchev–Trinajstić information content (AvgIpc) is 2.78. The van der Waals surface area contributed by atoms with Gasteiger partial charge in [0.15, 0.2) is 0 Å². The van der Waals surface area contributed by atoms with Gasteiger partial charge in [-0.1, -0.05) is 26.0 Å². The van der Waals surface area contributed by atoms with Gasteiger partial charge < -0.3 is 21.7 Å². The molecule has 4 atom stereocenters. The van der Waals surface area contributed by atoms with Gasteiger partial charge in [-0.25, -0.2) is 0 Å². The summed E-state index contributed by atoms with van der Waals surface area (Å²) in [5.41, 5.74) is 7.20. The van der Waals surface area contributed by atoms with Gasteiger partial charge in [-0.2, -0.15) is 0 Å². The van der Waals surface area contributed by atoms with Crippen LogP contribution in [0.2, 0.25) is 0 Å². The predicted molar refractivity (Wildman–Crippen MR) is 121 cm³/mol. The number of rotatable bonds is 5. The van der Waals surface area contributed by atoms with Crippen molar-refractivity contribution in [3.8, 4) is 0 Å². The second-order valence-corrected chi connectivity index (χ2v) is 9.44. The third kappa shape index (κ3) is 5.01. The zero-order valence-electron chi connectivity index (χ0n) is 19.0. The van der Waals surface area contributed by atoms with Crippen LogP contribution in [-0.2, 0) is 19.2 Å². The van der Waals surface area contributed by atoms with Crippen molar-refractivity contribution in [2.24, 2.45) is 23.5 Å². The zero-order chi connectivity index (χ0) is 23.7. The van der Waals surface area contributed by atoms with Crippen LogP contribution in [0.25, 0.3) is 0 Å². The van der Waals surface area contributed by atoms with E-state index in [0.29, 0.717) is 37.5 Å². The van der Waals surface area contributed by atoms with Crippen molar-refractivity contribution in [2.75, 3.05) is 18.4 Å². The molecule has 3 saturated heterocycles. The van der Waals surface area contributed by atoms with E-state index in [1.165, 1.54) is 0 Å². The molecule has 4 amide bonds. The number of hydrogen-bond donors (Lipinski definition) is 5. The molecule has 4 unspecified atom stereocenters. The number of primary amides is 1. The van der Waals surface area contributed by atoms with Crippen LogP contribution in [0.1, 0.15) is 44.6 Å². The molecular formula is C23H32N6O4. The first-order chi connectivity index (χ1) is 15.7. The number of benzene rings is 1. The fourth-order valence-corrected chi connectivity index (χ4v) is 4.88. The van der Waals surface area contributed by atoms with Crippen molar-refractivity contribution < 1.29 is 19.2 Å². The second kappa shape index (κ2) is 9.48. The minimum Gasteiger partial charge on any atom is -0.369 e. The van der Waals surface area contributed by atoms with E-state index >= 15 is 0 Å². The number of nitrogens with zero attached hydrogens (tertiary/aromatic N) is 1. The van der Waals surface area contributed by atoms with Gasteiger partial charge in [-0.15, -0.1) is 0 Å². The van der Waals surface area contributed by atoms with E-state index in [0.717, 1.165) is 5.56 Å². The number of carbonyl (C=O) groups is 4. The Morgan fingerprint density at radius 2 is 1.76 bits per heavy atom. The maximum Gasteiger partial charge on any atom is 0.229 e. The summed E-state index contributed by atoms with van der Waals surface area (Å²) in [5.74, 6) is -2.51. The van der Waals surface area contributed by atoms with Gasteiger partial charge in [-0.3, -0.25) is 29.4 Å². The minimum atomic E-state index is -0.789. The third-order valence-electron chi connectivity index (χ3n) is 6.91. The first-order valence-electron chi connectivity index (χ1n) is 11.5. The van der Waals surface area contributed by atoms with Crippen LogP contribution in [0, 0.1) is 17.8 Å². The summed E-state index contributed by atoms with van der Waals surface area (Å²) in [5, 5.41) is 11.9. The predicted octanol–water partition coefficient (Wildman–Crippen LogP) is 0.0272. The lowest BCUT2D eigenvalue weighted by molar-refractivity contribution is -0.148. The molecule has 1 aromatic rings. The fourth-order valence-electron chi connectivity index (χ4n) is 4.88. The molecule has 0 aliphatic carbocycles. The number of nitrogens with one attached hydrogen (secondary N) is 4. The monoisotopic (exact) mass is 456 g/mol. The molecule has 3 aliphatic heterocycles. The molecule has 33 heavy (non-hydrogen) atoms. The number of likely N-dealkylation sites (tertiary alicyclic amines) is 1. The lowest BCUT2D eigenvalue weighted by Gasteiger charge is -2.47. The van der Waals surface area contributed by atoms with Gasteiger partial charge in [0, 0.05) is 31.1 Å². The summed E-state index contributed by atoms with van der Waals surface area (Å²) in [6, 6.07) is 7.58. The Kier molecular flexibility index (Phi) is 6.66. The quantitative estimate of drug-likeness (QED) is 0.423. The topological polar surface area (TPSA) is 146 Å². The molecule has 10 nitrogen and oxygen atoms in total. The molecule has 0 saturated carbocycles. The SMILES string of the molecule is CC(C)c1ccc(NC(=O)C2CC(=O)NC3NC(N4CCC(C(N)=O)CC4)NC(=O)C32)cc1. The lowest BCUT2D eigenvalue weighted by atomic mass is 9.81. The number of hydrogen-bond acceptors (Lipinski definition) is 6. The summed E-state index contributed by atoms with van der Waals surface area (Å²) in [7, 11) is 0. The summed E-state index contributed by atoms with van der Waals surface area (Å²) in [6.07, 6.45) is 0.0340. The normalized spacial score (nSPS) is 28.6. The van der Waals surface area contributed by atoms with Crippen LogP contribution >= 0.6 is 0 Å². The van der Waals surface area contributed by atoms with Crippen LogP contribution in [0.4, 0.5) is 5.69 Å². The Hall–Kier alpha value is -2.98. The molecule has 1 aromatic carbocycles. The number of piperidine rings is 2. The van der Waals surface area contributed by atoms with E-state index < -0.39 is 24.3 Å². The molecule has 0 bridgehead atoms. The van der Waals surface area contributed by atoms with Crippen LogP contribution < -0.4 is 27.0 Å². The van der Waals surface area contributed by atoms with E-state index in [9.17, 15) is 19.2 Å². The summed E-state index contributed by atoms with van der Waals surface area (Å²) in [6.45, 7) is 5.37. The van der Waals surface area contributed by atoms with E-state index in [1.807, 2.05) is 29.2 Å². The number of nitrogens with two attached hydrogens (primary N) is 1. The van der Waals surface area contributed by atoms with Gasteiger partial charge in [0.05, 0.1) is 18.0 Å². The minimum absolute atomic E-state index is 0.0547. The van der Waals surface area contributed by atoms with Crippen molar-refractivity contribution in [2.45, 2.75) is 51.5 Å². The molecule has 178 valence electrons. The second-order valence-electron chi connectivity index (χ2n) is 9.44. The number of amides is 4. The van der Waals surface area contributed by atoms with Crippen LogP contribution in [0.5, 0.6) is 0 Å². The van der Waals surface area contributed by atoms with Crippen LogP contribution in [-0.4, -0.2) is 54.1 Å². The average molecular weight is 457 g/mol. The van der Waals surface area contributed by atoms with Gasteiger partial charge in [0.25, 0.3) is 0 Å². The molecule has 10 heteroatoms. The first-order valence-corrected chi connectivity index (χ1v) is 11.5. The smallest absolute Gasteiger partial charge is 0.229 e. The Morgan fingerprint density at radius 3 is 2.36 bits per heavy atom. The molecule has 6 N–H and O–H groups in total. The Balaban J connectivity index is 1.42. The highest BCUT2D eigenvalue weighted by atomic mass is 16.2. The van der Waals surface area contributed by atoms with E-state index in [2.05, 4.69) is 35.1 Å². The molecule has 4 rings (SSSR count). The maximum absolute atomic E-state index is 13.1. The molecular weight excluding hydrogens is 424 g/mol. The van der Waals surface area contributed by atoms with Gasteiger partial charge in [0.1, 0.15) is 6.29 Å². The molecule has 3 fully saturated rings. The van der Waals surface area contributed by atoms with Crippen molar-refractivity contribution >= 4 is 29.3 Å². The van der Waals surface area contributed by atoms with E-state index in [1.54, 1.807) is 0 Å². The highest BCUT2D eigenvalue weighted by Gasteiger charge is 2.49. The Bertz CT molecular complexity index is 925. The van der Waals surface area contributed by atoms with Crippen molar-refractivity contribution in [1.29, 1.82) is 0 Å². The maximum atomic E-state index is 13.1. The standard InChI is InChI=1S/C23H32N6O4/c1-12(2)13-3-5-15(6-4-13)25-21(32)16-11-17(30)26-20-18(16)22(33)28-23(27-20)29-9-7-14(8-10-29)19(24)31/h3-6,12,14,16,18,20,23,27H,7-11H2,1-2H3,(H2,24,31)(H,25,32)(H,26,30)(H,28,33). The summed E-state index contributed by atoms with van der Waals surface area (Å²) < 4.78 is 0. The van der Waals surface area contributed by atoms with Gasteiger partial charge >= 0.3 is 0 Å². The third-order valence-corrected chi connectivity index (χ3v) is 6.91. The van der Waals surface area contributed by atoms with Crippen molar-refractivity contribution in [3.63, 3.8) is 0 Å². The lowest BCUT2D eigenvalue weighted by Crippen LogP contribution is -2.74. The van der Waals surface area contributed by atoms with Crippen LogP contribution in [0.3, 0.4) is 0 Å². The Morgan fingerprint density at radius 1 is 1.09 bits per heavy atom. The van der Waals surface area contributed by atoms with Crippen molar-refractivity contribution in [1.82, 2.24) is 20.9 Å². The number of fused-ring (bicyclic) bond motifs is 1. The molecule has 0 spiro atoms. The van der Waals surface area contributed by atoms with Gasteiger partial charge in [0.2, 0.25) is 23.6 Å². The van der Waals surface area contributed by atoms with Gasteiger partial charge in [-0.05, 0) is 36.5 Å². The fraction of sp³-hybridized carbons (Fsp3) is 0.565. The van der Waals surface area contributed by atoms with E-state index in [-0.39, 0.29) is 36.0 Å². The molecule has 3 heterocycles. The Labute approximate surface area is 193 Å². The molecule has 3 aliphatic rings. The molecule has 0 aromatic heterocycles. The molecule has 0 radical (unpaired) electrons. The first kappa shape index (κ1) is 23.2. The summed E-state index contributed by atoms with van der Waals surface area (Å²) in [4.78, 5) is 51.9. The number of carbonyl (C=O) groups excluding carboxylic acids is 4. The zero-order valence-corrected chi connectivity index (χ0v) is 19.0.